The Morgan fingerprint density at radius 1 is 1.25 bits per heavy atom. The van der Waals surface area contributed by atoms with Crippen LogP contribution in [0.4, 0.5) is 0 Å². The number of aromatic nitrogens is 2. The van der Waals surface area contributed by atoms with Gasteiger partial charge in [-0.15, -0.1) is 0 Å². The minimum absolute atomic E-state index is 0.103. The third-order valence-corrected chi connectivity index (χ3v) is 3.91. The molecule has 2 atom stereocenters. The van der Waals surface area contributed by atoms with Crippen LogP contribution in [0, 0.1) is 0 Å². The van der Waals surface area contributed by atoms with Gasteiger partial charge in [-0.25, -0.2) is 9.97 Å². The standard InChI is InChI=1S/C18H22ClN3O2/c1-11(2)17-20-10-14(19)16(22-17)18(24)21-12(3)9-15(23)13-7-5-4-6-8-13/h4-8,10-12,15,23H,9H2,1-3H3,(H,21,24)/t12-,15+/m0/s1. The predicted molar refractivity (Wildman–Crippen MR) is 94.1 cm³/mol. The molecule has 0 fully saturated rings. The van der Waals surface area contributed by atoms with E-state index in [-0.39, 0.29) is 28.6 Å². The van der Waals surface area contributed by atoms with Gasteiger partial charge in [0, 0.05) is 12.0 Å². The first-order valence-corrected chi connectivity index (χ1v) is 8.32. The van der Waals surface area contributed by atoms with Gasteiger partial charge in [-0.2, -0.15) is 0 Å². The van der Waals surface area contributed by atoms with E-state index in [1.165, 1.54) is 6.20 Å². The highest BCUT2D eigenvalue weighted by molar-refractivity contribution is 6.33. The monoisotopic (exact) mass is 347 g/mol. The van der Waals surface area contributed by atoms with Crippen LogP contribution in [0.3, 0.4) is 0 Å². The molecule has 2 N–H and O–H groups in total. The van der Waals surface area contributed by atoms with Gasteiger partial charge in [0.15, 0.2) is 0 Å². The van der Waals surface area contributed by atoms with E-state index in [0.717, 1.165) is 5.56 Å². The molecule has 6 heteroatoms. The zero-order valence-corrected chi connectivity index (χ0v) is 14.8. The molecular formula is C18H22ClN3O2. The van der Waals surface area contributed by atoms with Gasteiger partial charge in [-0.1, -0.05) is 55.8 Å². The van der Waals surface area contributed by atoms with E-state index in [9.17, 15) is 9.90 Å². The van der Waals surface area contributed by atoms with Crippen molar-refractivity contribution in [3.63, 3.8) is 0 Å². The molecule has 0 aliphatic heterocycles. The van der Waals surface area contributed by atoms with Crippen molar-refractivity contribution in [2.24, 2.45) is 0 Å². The number of aliphatic hydroxyl groups is 1. The van der Waals surface area contributed by atoms with Gasteiger partial charge >= 0.3 is 0 Å². The number of amides is 1. The van der Waals surface area contributed by atoms with E-state index in [2.05, 4.69) is 15.3 Å². The van der Waals surface area contributed by atoms with Crippen LogP contribution in [-0.2, 0) is 0 Å². The number of halogens is 1. The second-order valence-electron chi connectivity index (χ2n) is 6.12. The molecule has 2 rings (SSSR count). The van der Waals surface area contributed by atoms with E-state index in [1.54, 1.807) is 0 Å². The van der Waals surface area contributed by atoms with E-state index >= 15 is 0 Å². The Morgan fingerprint density at radius 3 is 2.54 bits per heavy atom. The summed E-state index contributed by atoms with van der Waals surface area (Å²) in [5, 5.41) is 13.3. The van der Waals surface area contributed by atoms with Crippen molar-refractivity contribution >= 4 is 17.5 Å². The molecule has 0 unspecified atom stereocenters. The van der Waals surface area contributed by atoms with Crippen LogP contribution in [0.5, 0.6) is 0 Å². The lowest BCUT2D eigenvalue weighted by Gasteiger charge is -2.18. The van der Waals surface area contributed by atoms with E-state index < -0.39 is 6.10 Å². The van der Waals surface area contributed by atoms with Crippen molar-refractivity contribution in [1.29, 1.82) is 0 Å². The van der Waals surface area contributed by atoms with Crippen molar-refractivity contribution in [3.05, 3.63) is 58.6 Å². The van der Waals surface area contributed by atoms with Crippen LogP contribution < -0.4 is 5.32 Å². The Balaban J connectivity index is 2.02. The van der Waals surface area contributed by atoms with Gasteiger partial charge in [0.25, 0.3) is 5.91 Å². The van der Waals surface area contributed by atoms with Crippen LogP contribution in [0.15, 0.2) is 36.5 Å². The first-order chi connectivity index (χ1) is 11.4. The smallest absolute Gasteiger partial charge is 0.271 e. The summed E-state index contributed by atoms with van der Waals surface area (Å²) in [4.78, 5) is 20.8. The summed E-state index contributed by atoms with van der Waals surface area (Å²) in [6.07, 6.45) is 1.20. The summed E-state index contributed by atoms with van der Waals surface area (Å²) in [6, 6.07) is 9.11. The van der Waals surface area contributed by atoms with E-state index in [4.69, 9.17) is 11.6 Å². The van der Waals surface area contributed by atoms with Gasteiger partial charge in [-0.3, -0.25) is 4.79 Å². The lowest BCUT2D eigenvalue weighted by molar-refractivity contribution is 0.0911. The van der Waals surface area contributed by atoms with Gasteiger partial charge in [0.05, 0.1) is 17.3 Å². The van der Waals surface area contributed by atoms with Crippen molar-refractivity contribution in [2.45, 2.75) is 45.3 Å². The minimum atomic E-state index is -0.645. The SMILES string of the molecule is CC(C)c1ncc(Cl)c(C(=O)N[C@@H](C)C[C@@H](O)c2ccccc2)n1. The van der Waals surface area contributed by atoms with Gasteiger partial charge in [0.1, 0.15) is 11.5 Å². The van der Waals surface area contributed by atoms with Gasteiger partial charge < -0.3 is 10.4 Å². The quantitative estimate of drug-likeness (QED) is 0.838. The third-order valence-electron chi connectivity index (χ3n) is 3.63. The Kier molecular flexibility index (Phi) is 6.29. The normalized spacial score (nSPS) is 13.6. The Hall–Kier alpha value is -1.98. The molecule has 24 heavy (non-hydrogen) atoms. The molecule has 1 amide bonds. The maximum absolute atomic E-state index is 12.4. The summed E-state index contributed by atoms with van der Waals surface area (Å²) >= 11 is 6.05. The number of hydrogen-bond acceptors (Lipinski definition) is 4. The molecule has 0 aliphatic rings. The fourth-order valence-corrected chi connectivity index (χ4v) is 2.49. The molecule has 0 radical (unpaired) electrons. The molecule has 0 saturated carbocycles. The highest BCUT2D eigenvalue weighted by Gasteiger charge is 2.19. The van der Waals surface area contributed by atoms with E-state index in [0.29, 0.717) is 12.2 Å². The Bertz CT molecular complexity index is 692. The molecule has 128 valence electrons. The first kappa shape index (κ1) is 18.4. The first-order valence-electron chi connectivity index (χ1n) is 7.94. The number of carbonyl (C=O) groups is 1. The fraction of sp³-hybridized carbons (Fsp3) is 0.389. The molecule has 1 aromatic heterocycles. The maximum Gasteiger partial charge on any atom is 0.271 e. The largest absolute Gasteiger partial charge is 0.388 e. The predicted octanol–water partition coefficient (Wildman–Crippen LogP) is 3.50. The zero-order valence-electron chi connectivity index (χ0n) is 14.0. The molecule has 0 spiro atoms. The van der Waals surface area contributed by atoms with Crippen LogP contribution >= 0.6 is 11.6 Å². The summed E-state index contributed by atoms with van der Waals surface area (Å²) in [5.74, 6) is 0.310. The molecule has 1 aromatic carbocycles. The molecular weight excluding hydrogens is 326 g/mol. The number of carbonyl (C=O) groups excluding carboxylic acids is 1. The number of nitrogens with one attached hydrogen (secondary N) is 1. The van der Waals surface area contributed by atoms with Gasteiger partial charge in [-0.05, 0) is 18.9 Å². The molecule has 0 bridgehead atoms. The summed E-state index contributed by atoms with van der Waals surface area (Å²) < 4.78 is 0. The Labute approximate surface area is 147 Å². The second kappa shape index (κ2) is 8.22. The average molecular weight is 348 g/mol. The number of rotatable bonds is 6. The molecule has 0 saturated heterocycles. The number of nitrogens with zero attached hydrogens (tertiary/aromatic N) is 2. The fourth-order valence-electron chi connectivity index (χ4n) is 2.32. The lowest BCUT2D eigenvalue weighted by atomic mass is 10.0. The van der Waals surface area contributed by atoms with Crippen molar-refractivity contribution in [3.8, 4) is 0 Å². The second-order valence-corrected chi connectivity index (χ2v) is 6.52. The highest BCUT2D eigenvalue weighted by atomic mass is 35.5. The Morgan fingerprint density at radius 2 is 1.92 bits per heavy atom. The van der Waals surface area contributed by atoms with Crippen LogP contribution in [0.1, 0.15) is 61.1 Å². The molecule has 2 aromatic rings. The molecule has 0 aliphatic carbocycles. The summed E-state index contributed by atoms with van der Waals surface area (Å²) in [6.45, 7) is 5.73. The number of aliphatic hydroxyl groups excluding tert-OH is 1. The van der Waals surface area contributed by atoms with Crippen LogP contribution in [-0.4, -0.2) is 27.0 Å². The summed E-state index contributed by atoms with van der Waals surface area (Å²) in [7, 11) is 0. The van der Waals surface area contributed by atoms with Crippen molar-refractivity contribution in [1.82, 2.24) is 15.3 Å². The minimum Gasteiger partial charge on any atom is -0.388 e. The number of benzene rings is 1. The lowest BCUT2D eigenvalue weighted by Crippen LogP contribution is -2.34. The molecule has 1 heterocycles. The topological polar surface area (TPSA) is 75.1 Å². The summed E-state index contributed by atoms with van der Waals surface area (Å²) in [5.41, 5.74) is 0.983. The third kappa shape index (κ3) is 4.76. The zero-order chi connectivity index (χ0) is 17.7. The van der Waals surface area contributed by atoms with Gasteiger partial charge in [0.2, 0.25) is 0 Å². The van der Waals surface area contributed by atoms with Crippen molar-refractivity contribution in [2.75, 3.05) is 0 Å². The van der Waals surface area contributed by atoms with Crippen molar-refractivity contribution < 1.29 is 9.90 Å². The average Bonchev–Trinajstić information content (AvgIpc) is 2.55. The number of hydrogen-bond donors (Lipinski definition) is 2. The van der Waals surface area contributed by atoms with Crippen LogP contribution in [0.25, 0.3) is 0 Å². The van der Waals surface area contributed by atoms with Crippen LogP contribution in [0.2, 0.25) is 5.02 Å². The van der Waals surface area contributed by atoms with E-state index in [1.807, 2.05) is 51.1 Å². The highest BCUT2D eigenvalue weighted by Crippen LogP contribution is 2.19. The molecule has 5 nitrogen and oxygen atoms in total. The maximum atomic E-state index is 12.4.